The molecule has 2 nitrogen and oxygen atoms in total. The smallest absolute Gasteiger partial charge is 0.136 e. The van der Waals surface area contributed by atoms with Crippen molar-refractivity contribution in [3.8, 4) is 44.5 Å². The van der Waals surface area contributed by atoms with Crippen molar-refractivity contribution in [2.24, 2.45) is 0 Å². The van der Waals surface area contributed by atoms with Crippen LogP contribution in [0.15, 0.2) is 229 Å². The molecular weight excluding hydrogens is 703 g/mol. The maximum absolute atomic E-state index is 6.24. The number of benzene rings is 10. The summed E-state index contributed by atoms with van der Waals surface area (Å²) in [6, 6.07) is 80.7. The molecule has 58 heavy (non-hydrogen) atoms. The first-order valence-electron chi connectivity index (χ1n) is 19.8. The van der Waals surface area contributed by atoms with Crippen LogP contribution < -0.4 is 4.90 Å². The van der Waals surface area contributed by atoms with E-state index in [1.165, 1.54) is 54.9 Å². The lowest BCUT2D eigenvalue weighted by Gasteiger charge is -2.26. The van der Waals surface area contributed by atoms with Crippen molar-refractivity contribution < 1.29 is 4.42 Å². The summed E-state index contributed by atoms with van der Waals surface area (Å²) < 4.78 is 6.24. The third-order valence-electron chi connectivity index (χ3n) is 11.5. The van der Waals surface area contributed by atoms with Crippen molar-refractivity contribution in [1.29, 1.82) is 0 Å². The Kier molecular flexibility index (Phi) is 8.19. The van der Waals surface area contributed by atoms with Crippen LogP contribution in [0.4, 0.5) is 17.1 Å². The third-order valence-corrected chi connectivity index (χ3v) is 11.5. The third kappa shape index (κ3) is 6.00. The first-order chi connectivity index (χ1) is 28.7. The topological polar surface area (TPSA) is 16.4 Å². The van der Waals surface area contributed by atoms with E-state index in [0.717, 1.165) is 50.1 Å². The number of rotatable bonds is 7. The van der Waals surface area contributed by atoms with Crippen LogP contribution in [0.3, 0.4) is 0 Å². The Balaban J connectivity index is 0.957. The van der Waals surface area contributed by atoms with Crippen molar-refractivity contribution in [2.45, 2.75) is 0 Å². The van der Waals surface area contributed by atoms with E-state index in [-0.39, 0.29) is 0 Å². The van der Waals surface area contributed by atoms with Gasteiger partial charge in [0, 0.05) is 27.8 Å². The van der Waals surface area contributed by atoms with Crippen molar-refractivity contribution in [3.63, 3.8) is 0 Å². The zero-order valence-electron chi connectivity index (χ0n) is 31.7. The number of furan rings is 1. The largest absolute Gasteiger partial charge is 0.456 e. The number of anilines is 3. The first kappa shape index (κ1) is 33.6. The minimum Gasteiger partial charge on any atom is -0.456 e. The molecule has 11 rings (SSSR count). The molecule has 1 aromatic heterocycles. The van der Waals surface area contributed by atoms with E-state index in [1.54, 1.807) is 0 Å². The highest BCUT2D eigenvalue weighted by molar-refractivity contribution is 6.12. The number of hydrogen-bond donors (Lipinski definition) is 0. The lowest BCUT2D eigenvalue weighted by molar-refractivity contribution is 0.669. The number of nitrogens with zero attached hydrogens (tertiary/aromatic N) is 1. The fraction of sp³-hybridized carbons (Fsp3) is 0. The van der Waals surface area contributed by atoms with Gasteiger partial charge in [-0.3, -0.25) is 0 Å². The molecule has 0 aliphatic rings. The van der Waals surface area contributed by atoms with E-state index in [9.17, 15) is 0 Å². The van der Waals surface area contributed by atoms with E-state index in [2.05, 4.69) is 217 Å². The molecule has 10 aromatic carbocycles. The molecule has 0 saturated carbocycles. The van der Waals surface area contributed by atoms with Gasteiger partial charge in [0.2, 0.25) is 0 Å². The van der Waals surface area contributed by atoms with Crippen molar-refractivity contribution in [2.75, 3.05) is 4.90 Å². The van der Waals surface area contributed by atoms with Gasteiger partial charge in [0.25, 0.3) is 0 Å². The van der Waals surface area contributed by atoms with Gasteiger partial charge in [-0.05, 0) is 121 Å². The van der Waals surface area contributed by atoms with E-state index >= 15 is 0 Å². The number of para-hydroxylation sites is 1. The number of fused-ring (bicyclic) bond motifs is 6. The molecule has 0 spiro atoms. The van der Waals surface area contributed by atoms with E-state index in [4.69, 9.17) is 4.42 Å². The summed E-state index contributed by atoms with van der Waals surface area (Å²) in [6.07, 6.45) is 0. The molecule has 0 aliphatic carbocycles. The van der Waals surface area contributed by atoms with E-state index in [0.29, 0.717) is 0 Å². The lowest BCUT2D eigenvalue weighted by atomic mass is 9.94. The Bertz CT molecular complexity index is 3230. The Labute approximate surface area is 337 Å². The number of hydrogen-bond acceptors (Lipinski definition) is 2. The summed E-state index contributed by atoms with van der Waals surface area (Å²) >= 11 is 0. The Hall–Kier alpha value is -7.68. The lowest BCUT2D eigenvalue weighted by Crippen LogP contribution is -2.09. The second kappa shape index (κ2) is 14.1. The molecule has 0 N–H and O–H groups in total. The SMILES string of the molecule is c1ccc(-c2ccc(-c3ccc(N(c4ccc(-c5ccc6c(c5)oc5ccccc56)cc4)c4ccc(-c5cccc6c5ccc5ccccc56)cc4)cc3)cc2)cc1. The highest BCUT2D eigenvalue weighted by Gasteiger charge is 2.16. The zero-order chi connectivity index (χ0) is 38.4. The summed E-state index contributed by atoms with van der Waals surface area (Å²) in [5.41, 5.74) is 14.6. The van der Waals surface area contributed by atoms with Gasteiger partial charge in [-0.15, -0.1) is 0 Å². The Morgan fingerprint density at radius 3 is 1.40 bits per heavy atom. The monoisotopic (exact) mass is 739 g/mol. The summed E-state index contributed by atoms with van der Waals surface area (Å²) in [5, 5.41) is 7.35. The summed E-state index contributed by atoms with van der Waals surface area (Å²) in [5.74, 6) is 0. The standard InChI is InChI=1S/C56H37NO/c1-2-9-38(10-3-1)39-17-19-40(20-18-39)41-21-29-46(30-22-41)57(47-31-23-42(24-32-47)45-28-36-54-53-13-6-7-16-55(53)58-56(54)37-45)48-33-25-44(26-34-48)50-14-8-15-51-49-12-5-4-11-43(49)27-35-52(50)51/h1-37H. The van der Waals surface area contributed by atoms with Crippen LogP contribution in [0, 0.1) is 0 Å². The van der Waals surface area contributed by atoms with Crippen LogP contribution in [0.1, 0.15) is 0 Å². The van der Waals surface area contributed by atoms with Crippen molar-refractivity contribution in [1.82, 2.24) is 0 Å². The van der Waals surface area contributed by atoms with Gasteiger partial charge >= 0.3 is 0 Å². The summed E-state index contributed by atoms with van der Waals surface area (Å²) in [6.45, 7) is 0. The highest BCUT2D eigenvalue weighted by atomic mass is 16.3. The molecule has 0 bridgehead atoms. The van der Waals surface area contributed by atoms with Crippen LogP contribution in [-0.2, 0) is 0 Å². The van der Waals surface area contributed by atoms with Crippen LogP contribution in [0.25, 0.3) is 88.0 Å². The molecule has 0 aliphatic heterocycles. The van der Waals surface area contributed by atoms with Gasteiger partial charge in [-0.2, -0.15) is 0 Å². The highest BCUT2D eigenvalue weighted by Crippen LogP contribution is 2.40. The van der Waals surface area contributed by atoms with Gasteiger partial charge in [0.05, 0.1) is 0 Å². The predicted molar refractivity (Wildman–Crippen MR) is 245 cm³/mol. The average molecular weight is 740 g/mol. The molecule has 0 radical (unpaired) electrons. The van der Waals surface area contributed by atoms with Crippen LogP contribution >= 0.6 is 0 Å². The minimum atomic E-state index is 0.902. The predicted octanol–water partition coefficient (Wildman–Crippen LogP) is 16.0. The molecule has 0 fully saturated rings. The summed E-state index contributed by atoms with van der Waals surface area (Å²) in [7, 11) is 0. The normalized spacial score (nSPS) is 11.4. The van der Waals surface area contributed by atoms with Gasteiger partial charge in [0.15, 0.2) is 0 Å². The molecule has 11 aromatic rings. The second-order valence-corrected chi connectivity index (χ2v) is 14.9. The van der Waals surface area contributed by atoms with Crippen LogP contribution in [0.2, 0.25) is 0 Å². The molecule has 2 heteroatoms. The van der Waals surface area contributed by atoms with Gasteiger partial charge in [-0.1, -0.05) is 170 Å². The minimum absolute atomic E-state index is 0.902. The van der Waals surface area contributed by atoms with E-state index in [1.807, 2.05) is 12.1 Å². The first-order valence-corrected chi connectivity index (χ1v) is 19.8. The molecule has 272 valence electrons. The Morgan fingerprint density at radius 1 is 0.259 bits per heavy atom. The van der Waals surface area contributed by atoms with Crippen LogP contribution in [0.5, 0.6) is 0 Å². The van der Waals surface area contributed by atoms with Gasteiger partial charge in [0.1, 0.15) is 11.2 Å². The summed E-state index contributed by atoms with van der Waals surface area (Å²) in [4.78, 5) is 2.34. The molecule has 0 amide bonds. The maximum atomic E-state index is 6.24. The average Bonchev–Trinajstić information content (AvgIpc) is 3.68. The van der Waals surface area contributed by atoms with Gasteiger partial charge < -0.3 is 9.32 Å². The zero-order valence-corrected chi connectivity index (χ0v) is 31.7. The Morgan fingerprint density at radius 2 is 0.724 bits per heavy atom. The molecular formula is C56H37NO. The van der Waals surface area contributed by atoms with Crippen molar-refractivity contribution in [3.05, 3.63) is 224 Å². The fourth-order valence-electron chi connectivity index (χ4n) is 8.53. The molecule has 0 saturated heterocycles. The molecule has 0 atom stereocenters. The van der Waals surface area contributed by atoms with Gasteiger partial charge in [-0.25, -0.2) is 0 Å². The quantitative estimate of drug-likeness (QED) is 0.151. The van der Waals surface area contributed by atoms with Crippen LogP contribution in [-0.4, -0.2) is 0 Å². The fourth-order valence-corrected chi connectivity index (χ4v) is 8.53. The molecule has 1 heterocycles. The molecule has 0 unspecified atom stereocenters. The van der Waals surface area contributed by atoms with Crippen molar-refractivity contribution >= 4 is 60.5 Å². The maximum Gasteiger partial charge on any atom is 0.136 e. The second-order valence-electron chi connectivity index (χ2n) is 14.9. The van der Waals surface area contributed by atoms with E-state index < -0.39 is 0 Å².